The number of ether oxygens (including phenoxy) is 14. The summed E-state index contributed by atoms with van der Waals surface area (Å²) in [5, 5.41) is 228. The highest BCUT2D eigenvalue weighted by Gasteiger charge is 2.70. The van der Waals surface area contributed by atoms with Crippen LogP contribution in [0.1, 0.15) is 85.5 Å². The fraction of sp³-hybridized carbons (Fsp3) is 1.00. The summed E-state index contributed by atoms with van der Waals surface area (Å²) in [7, 11) is 1.67. The molecule has 0 spiro atoms. The van der Waals surface area contributed by atoms with Crippen LogP contribution in [0.2, 0.25) is 0 Å². The Labute approximate surface area is 571 Å². The summed E-state index contributed by atoms with van der Waals surface area (Å²) in [5.41, 5.74) is -0.426. The van der Waals surface area contributed by atoms with E-state index in [-0.39, 0.29) is 53.1 Å². The molecule has 11 rings (SSSR count). The number of hydrogen-bond acceptors (Lipinski definition) is 35. The Kier molecular flexibility index (Phi) is 25.3. The van der Waals surface area contributed by atoms with Crippen LogP contribution in [0.5, 0.6) is 0 Å². The first-order valence-electron chi connectivity index (χ1n) is 34.9. The lowest BCUT2D eigenvalue weighted by molar-refractivity contribution is -0.412. The van der Waals surface area contributed by atoms with Gasteiger partial charge in [0.2, 0.25) is 0 Å². The van der Waals surface area contributed by atoms with Gasteiger partial charge in [0.25, 0.3) is 0 Å². The van der Waals surface area contributed by atoms with Crippen LogP contribution in [-0.2, 0) is 66.3 Å². The van der Waals surface area contributed by atoms with Crippen molar-refractivity contribution in [2.75, 3.05) is 53.4 Å². The molecule has 0 aromatic rings. The van der Waals surface area contributed by atoms with Gasteiger partial charge in [0.1, 0.15) is 146 Å². The van der Waals surface area contributed by atoms with Gasteiger partial charge < -0.3 is 174 Å². The highest BCUT2D eigenvalue weighted by molar-refractivity contribution is 5.16. The summed E-state index contributed by atoms with van der Waals surface area (Å²) >= 11 is 0. The monoisotopic (exact) mass is 1440 g/mol. The molecule has 7 aliphatic heterocycles. The minimum atomic E-state index is -2.27. The van der Waals surface area contributed by atoms with Crippen molar-refractivity contribution in [3.63, 3.8) is 0 Å². The Hall–Kier alpha value is -1.40. The van der Waals surface area contributed by atoms with E-state index in [1.165, 1.54) is 0 Å². The van der Waals surface area contributed by atoms with Crippen LogP contribution in [0.3, 0.4) is 0 Å². The normalized spacial score (nSPS) is 55.0. The molecule has 35 nitrogen and oxygen atoms in total. The molecular weight excluding hydrogens is 1330 g/mol. The standard InChI is InChI=1S/C64H108O35/c1-22(21-87-56-47(81)43(77)38(72)31(15-65)89-56)8-11-64(86-5)23(2)37-30(99-64)13-27-25-7-6-24-12-29(28(71)14-63(24,4)26(25)9-10-62(27,37)3)88-57-50(84)46(80)52(36(20-70)94-57)95-61-55(54(42(76)35(19-69)93-61)97-59-49(83)45(79)40(74)33(17-67)91-59)98-60-51(85)53(41(75)34(18-68)92-60)96-58-48(82)44(78)39(73)32(16-66)90-58/h22-61,65-85H,6-21H2,1-5H3/t22-,23+,24+,25-,26+,27+,28-,29-,30+,31-,32-,33-,34-,35-,36-,37+,38-,39-,40-,41-,42-,43+,44+,45+,46-,47-,48-,49-,50-,51-,52+,53+,54+,55-,56-,57-,58+,59+,60+,61+,62+,63+,64+/m1/s1. The number of aliphatic hydroxyl groups is 21. The summed E-state index contributed by atoms with van der Waals surface area (Å²) in [4.78, 5) is 0. The lowest BCUT2D eigenvalue weighted by atomic mass is 9.44. The molecule has 11 aliphatic rings. The summed E-state index contributed by atoms with van der Waals surface area (Å²) in [6, 6.07) is 0. The Morgan fingerprint density at radius 3 is 1.44 bits per heavy atom. The van der Waals surface area contributed by atoms with Crippen molar-refractivity contribution in [1.29, 1.82) is 0 Å². The fourth-order valence-corrected chi connectivity index (χ4v) is 19.0. The molecule has 21 N–H and O–H groups in total. The van der Waals surface area contributed by atoms with Crippen molar-refractivity contribution in [2.24, 2.45) is 52.3 Å². The second-order valence-corrected chi connectivity index (χ2v) is 30.2. The van der Waals surface area contributed by atoms with E-state index >= 15 is 0 Å². The minimum absolute atomic E-state index is 0.0188. The lowest BCUT2D eigenvalue weighted by Gasteiger charge is -2.62. The molecule has 7 heterocycles. The molecule has 35 heteroatoms. The lowest BCUT2D eigenvalue weighted by Crippen LogP contribution is -2.69. The average Bonchev–Trinajstić information content (AvgIpc) is 1.56. The SMILES string of the molecule is CO[C@@]1(CC[C@@H](C)CO[C@@H]2O[C@H](CO)[C@@H](O)[C@H](O)[C@H]2O)O[C@H]2C[C@H]3[C@@H]4CC[C@H]5C[C@@H](O[C@@H]6O[C@H](CO)[C@H](O[C@@H]7O[C@H](CO)[C@@H](O)[C@H](O[C@@H]8O[C@H](CO)[C@@H](O)[C@H](O)[C@H]8O)[C@H]7O[C@@H]7O[C@H](CO)[C@@H](O)[C@H](O[C@@H]8O[C@H](CO)[C@@H](O)[C@H](O)[C@H]8O)[C@H]7O)[C@H](O)[C@H]6O)[C@H](O)C[C@]5(C)[C@H]4CC[C@]3(C)[C@H]2[C@@H]1C. The first-order valence-corrected chi connectivity index (χ1v) is 34.9. The summed E-state index contributed by atoms with van der Waals surface area (Å²) in [6.07, 6.45) is -51.7. The van der Waals surface area contributed by atoms with E-state index < -0.39 is 242 Å². The topological polar surface area (TPSA) is 554 Å². The molecule has 0 aromatic heterocycles. The smallest absolute Gasteiger partial charge is 0.187 e. The average molecular weight is 1440 g/mol. The van der Waals surface area contributed by atoms with Crippen LogP contribution in [0.4, 0.5) is 0 Å². The van der Waals surface area contributed by atoms with Crippen LogP contribution in [-0.4, -0.2) is 369 Å². The van der Waals surface area contributed by atoms with Crippen molar-refractivity contribution in [3.05, 3.63) is 0 Å². The van der Waals surface area contributed by atoms with Crippen molar-refractivity contribution >= 4 is 0 Å². The van der Waals surface area contributed by atoms with Crippen molar-refractivity contribution in [2.45, 2.75) is 294 Å². The van der Waals surface area contributed by atoms with E-state index in [2.05, 4.69) is 20.8 Å². The highest BCUT2D eigenvalue weighted by atomic mass is 16.8. The van der Waals surface area contributed by atoms with E-state index in [1.807, 2.05) is 6.92 Å². The fourth-order valence-electron chi connectivity index (χ4n) is 19.0. The Bertz CT molecular complexity index is 2570. The first kappa shape index (κ1) is 78.7. The van der Waals surface area contributed by atoms with Crippen molar-refractivity contribution in [3.8, 4) is 0 Å². The van der Waals surface area contributed by atoms with Crippen LogP contribution in [0, 0.1) is 52.3 Å². The van der Waals surface area contributed by atoms with Gasteiger partial charge in [-0.3, -0.25) is 0 Å². The van der Waals surface area contributed by atoms with Crippen molar-refractivity contribution < 1.29 is 174 Å². The maximum Gasteiger partial charge on any atom is 0.187 e. The zero-order chi connectivity index (χ0) is 71.8. The molecular formula is C64H108O35. The van der Waals surface area contributed by atoms with Crippen LogP contribution >= 0.6 is 0 Å². The quantitative estimate of drug-likeness (QED) is 0.0423. The Morgan fingerprint density at radius 2 is 0.889 bits per heavy atom. The zero-order valence-electron chi connectivity index (χ0n) is 56.0. The van der Waals surface area contributed by atoms with Gasteiger partial charge in [0.15, 0.2) is 43.5 Å². The second kappa shape index (κ2) is 31.8. The Morgan fingerprint density at radius 1 is 0.434 bits per heavy atom. The predicted octanol–water partition coefficient (Wildman–Crippen LogP) is -8.68. The van der Waals surface area contributed by atoms with E-state index in [9.17, 15) is 107 Å². The molecule has 0 radical (unpaired) electrons. The first-order chi connectivity index (χ1) is 47.0. The van der Waals surface area contributed by atoms with Gasteiger partial charge in [0, 0.05) is 19.4 Å². The molecule has 11 fully saturated rings. The van der Waals surface area contributed by atoms with Crippen LogP contribution in [0.15, 0.2) is 0 Å². The predicted molar refractivity (Wildman–Crippen MR) is 323 cm³/mol. The van der Waals surface area contributed by atoms with Gasteiger partial charge in [-0.1, -0.05) is 27.7 Å². The molecule has 7 saturated heterocycles. The molecule has 0 aromatic carbocycles. The molecule has 4 saturated carbocycles. The summed E-state index contributed by atoms with van der Waals surface area (Å²) < 4.78 is 84.6. The van der Waals surface area contributed by atoms with Gasteiger partial charge in [-0.15, -0.1) is 0 Å². The van der Waals surface area contributed by atoms with Crippen LogP contribution in [0.25, 0.3) is 0 Å². The van der Waals surface area contributed by atoms with Gasteiger partial charge in [-0.05, 0) is 97.7 Å². The van der Waals surface area contributed by atoms with Gasteiger partial charge in [-0.2, -0.15) is 0 Å². The second-order valence-electron chi connectivity index (χ2n) is 30.2. The number of hydrogen-bond donors (Lipinski definition) is 21. The molecule has 0 bridgehead atoms. The molecule has 0 amide bonds. The molecule has 4 aliphatic carbocycles. The van der Waals surface area contributed by atoms with E-state index in [0.717, 1.165) is 32.1 Å². The van der Waals surface area contributed by atoms with Gasteiger partial charge in [0.05, 0.1) is 64.6 Å². The number of methoxy groups -OCH3 is 1. The third-order valence-electron chi connectivity index (χ3n) is 24.7. The number of rotatable bonds is 23. The maximum absolute atomic E-state index is 12.2. The summed E-state index contributed by atoms with van der Waals surface area (Å²) in [6.45, 7) is 3.55. The summed E-state index contributed by atoms with van der Waals surface area (Å²) in [5.74, 6) is 0.191. The minimum Gasteiger partial charge on any atom is -0.394 e. The van der Waals surface area contributed by atoms with E-state index in [1.54, 1.807) is 7.11 Å². The third-order valence-corrected chi connectivity index (χ3v) is 24.7. The largest absolute Gasteiger partial charge is 0.394 e. The van der Waals surface area contributed by atoms with Crippen molar-refractivity contribution in [1.82, 2.24) is 0 Å². The zero-order valence-corrected chi connectivity index (χ0v) is 56.0. The van der Waals surface area contributed by atoms with E-state index in [4.69, 9.17) is 66.3 Å². The van der Waals surface area contributed by atoms with E-state index in [0.29, 0.717) is 37.5 Å². The highest BCUT2D eigenvalue weighted by Crippen LogP contribution is 2.71. The molecule has 0 unspecified atom stereocenters. The number of aliphatic hydroxyl groups excluding tert-OH is 21. The van der Waals surface area contributed by atoms with Gasteiger partial charge in [-0.25, -0.2) is 0 Å². The Balaban J connectivity index is 0.756. The maximum atomic E-state index is 12.2. The molecule has 99 heavy (non-hydrogen) atoms. The van der Waals surface area contributed by atoms with Crippen LogP contribution < -0.4 is 0 Å². The van der Waals surface area contributed by atoms with Gasteiger partial charge >= 0.3 is 0 Å². The third kappa shape index (κ3) is 14.6. The molecule has 574 valence electrons. The number of fused-ring (bicyclic) bond motifs is 7. The molecule has 43 atom stereocenters.